The Morgan fingerprint density at radius 1 is 1.44 bits per heavy atom. The maximum Gasteiger partial charge on any atom is 0.256 e. The Bertz CT molecular complexity index is 444. The highest BCUT2D eigenvalue weighted by Gasteiger charge is 2.25. The van der Waals surface area contributed by atoms with Crippen molar-refractivity contribution in [1.29, 1.82) is 0 Å². The van der Waals surface area contributed by atoms with Gasteiger partial charge < -0.3 is 14.7 Å². The molecule has 1 atom stereocenters. The number of carbonyl (C=O) groups excluding carboxylic acids is 1. The van der Waals surface area contributed by atoms with Gasteiger partial charge in [-0.1, -0.05) is 12.1 Å². The zero-order valence-corrected chi connectivity index (χ0v) is 10.2. The Kier molecular flexibility index (Phi) is 3.93. The van der Waals surface area contributed by atoms with Crippen LogP contribution in [0.15, 0.2) is 18.2 Å². The Morgan fingerprint density at radius 3 is 2.72 bits per heavy atom. The molecule has 5 heteroatoms. The summed E-state index contributed by atoms with van der Waals surface area (Å²) < 4.78 is 18.3. The van der Waals surface area contributed by atoms with E-state index in [1.54, 1.807) is 11.8 Å². The lowest BCUT2D eigenvalue weighted by atomic mass is 10.1. The largest absolute Gasteiger partial charge is 0.378 e. The van der Waals surface area contributed by atoms with Gasteiger partial charge in [0.25, 0.3) is 5.91 Å². The van der Waals surface area contributed by atoms with Crippen LogP contribution < -0.4 is 0 Å². The summed E-state index contributed by atoms with van der Waals surface area (Å²) in [6.07, 6.45) is -1.23. The summed E-state index contributed by atoms with van der Waals surface area (Å²) in [5, 5.41) is 10.0. The van der Waals surface area contributed by atoms with Gasteiger partial charge in [-0.2, -0.15) is 0 Å². The smallest absolute Gasteiger partial charge is 0.256 e. The second kappa shape index (κ2) is 5.46. The van der Waals surface area contributed by atoms with Crippen LogP contribution in [0.3, 0.4) is 0 Å². The lowest BCUT2D eigenvalue weighted by Crippen LogP contribution is -2.43. The number of rotatable bonds is 2. The molecule has 1 unspecified atom stereocenters. The maximum absolute atomic E-state index is 13.1. The van der Waals surface area contributed by atoms with Crippen LogP contribution in [0, 0.1) is 12.7 Å². The van der Waals surface area contributed by atoms with Crippen LogP contribution in [-0.2, 0) is 9.53 Å². The molecule has 1 aliphatic heterocycles. The second-order valence-electron chi connectivity index (χ2n) is 4.35. The van der Waals surface area contributed by atoms with Gasteiger partial charge in [0.15, 0.2) is 6.10 Å². The molecule has 1 saturated heterocycles. The van der Waals surface area contributed by atoms with Crippen LogP contribution in [0.1, 0.15) is 17.2 Å². The third kappa shape index (κ3) is 2.68. The van der Waals surface area contributed by atoms with E-state index in [-0.39, 0.29) is 11.7 Å². The van der Waals surface area contributed by atoms with Crippen molar-refractivity contribution in [2.45, 2.75) is 13.0 Å². The van der Waals surface area contributed by atoms with E-state index < -0.39 is 6.10 Å². The van der Waals surface area contributed by atoms with Crippen molar-refractivity contribution in [3.05, 3.63) is 35.1 Å². The van der Waals surface area contributed by atoms with Crippen molar-refractivity contribution in [2.75, 3.05) is 26.3 Å². The molecule has 1 fully saturated rings. The van der Waals surface area contributed by atoms with Gasteiger partial charge in [-0.05, 0) is 24.1 Å². The summed E-state index contributed by atoms with van der Waals surface area (Å²) in [6, 6.07) is 4.20. The van der Waals surface area contributed by atoms with E-state index in [2.05, 4.69) is 0 Å². The number of ether oxygens (including phenoxy) is 1. The van der Waals surface area contributed by atoms with Gasteiger partial charge in [0.1, 0.15) is 5.82 Å². The van der Waals surface area contributed by atoms with E-state index in [4.69, 9.17) is 4.74 Å². The first-order valence-electron chi connectivity index (χ1n) is 5.90. The number of hydrogen-bond acceptors (Lipinski definition) is 3. The minimum Gasteiger partial charge on any atom is -0.378 e. The van der Waals surface area contributed by atoms with Crippen LogP contribution in [0.4, 0.5) is 4.39 Å². The molecule has 18 heavy (non-hydrogen) atoms. The summed E-state index contributed by atoms with van der Waals surface area (Å²) in [6.45, 7) is 3.54. The van der Waals surface area contributed by atoms with Crippen LogP contribution in [-0.4, -0.2) is 42.2 Å². The summed E-state index contributed by atoms with van der Waals surface area (Å²) >= 11 is 0. The van der Waals surface area contributed by atoms with Gasteiger partial charge in [0, 0.05) is 13.1 Å². The fourth-order valence-electron chi connectivity index (χ4n) is 1.94. The predicted octanol–water partition coefficient (Wildman–Crippen LogP) is 1.03. The number of aryl methyl sites for hydroxylation is 1. The Balaban J connectivity index is 2.11. The fraction of sp³-hybridized carbons (Fsp3) is 0.462. The van der Waals surface area contributed by atoms with Crippen molar-refractivity contribution in [3.63, 3.8) is 0 Å². The molecule has 1 aliphatic rings. The van der Waals surface area contributed by atoms with Crippen LogP contribution in [0.5, 0.6) is 0 Å². The van der Waals surface area contributed by atoms with Crippen molar-refractivity contribution >= 4 is 5.91 Å². The lowest BCUT2D eigenvalue weighted by molar-refractivity contribution is -0.144. The summed E-state index contributed by atoms with van der Waals surface area (Å²) in [7, 11) is 0. The average molecular weight is 253 g/mol. The molecule has 0 bridgehead atoms. The van der Waals surface area contributed by atoms with Gasteiger partial charge in [-0.3, -0.25) is 4.79 Å². The number of hydrogen-bond donors (Lipinski definition) is 1. The zero-order valence-electron chi connectivity index (χ0n) is 10.2. The molecule has 1 aromatic rings. The molecule has 0 saturated carbocycles. The molecular formula is C13H16FNO3. The minimum absolute atomic E-state index is 0.343. The Morgan fingerprint density at radius 2 is 2.11 bits per heavy atom. The second-order valence-corrected chi connectivity index (χ2v) is 4.35. The molecule has 0 aliphatic carbocycles. The first-order chi connectivity index (χ1) is 8.59. The predicted molar refractivity (Wildman–Crippen MR) is 63.5 cm³/mol. The number of benzene rings is 1. The van der Waals surface area contributed by atoms with Crippen molar-refractivity contribution < 1.29 is 19.0 Å². The molecule has 2 rings (SSSR count). The van der Waals surface area contributed by atoms with E-state index in [0.717, 1.165) is 0 Å². The summed E-state index contributed by atoms with van der Waals surface area (Å²) in [5.74, 6) is -0.700. The van der Waals surface area contributed by atoms with E-state index in [9.17, 15) is 14.3 Å². The van der Waals surface area contributed by atoms with E-state index >= 15 is 0 Å². The molecule has 0 spiro atoms. The van der Waals surface area contributed by atoms with Crippen LogP contribution in [0.2, 0.25) is 0 Å². The van der Waals surface area contributed by atoms with Crippen LogP contribution >= 0.6 is 0 Å². The number of aliphatic hydroxyl groups is 1. The highest BCUT2D eigenvalue weighted by molar-refractivity contribution is 5.82. The van der Waals surface area contributed by atoms with Crippen LogP contribution in [0.25, 0.3) is 0 Å². The number of aliphatic hydroxyl groups excluding tert-OH is 1. The molecule has 1 heterocycles. The standard InChI is InChI=1S/C13H16FNO3/c1-9-8-10(2-3-11(9)14)12(16)13(17)15-4-6-18-7-5-15/h2-3,8,12,16H,4-7H2,1H3. The van der Waals surface area contributed by atoms with Gasteiger partial charge in [0.2, 0.25) is 0 Å². The molecule has 4 nitrogen and oxygen atoms in total. The van der Waals surface area contributed by atoms with E-state index in [1.165, 1.54) is 18.2 Å². The third-order valence-electron chi connectivity index (χ3n) is 3.05. The quantitative estimate of drug-likeness (QED) is 0.856. The number of halogens is 1. The van der Waals surface area contributed by atoms with E-state index in [1.807, 2.05) is 0 Å². The first kappa shape index (κ1) is 13.0. The average Bonchev–Trinajstić information content (AvgIpc) is 2.41. The fourth-order valence-corrected chi connectivity index (χ4v) is 1.94. The highest BCUT2D eigenvalue weighted by Crippen LogP contribution is 2.19. The maximum atomic E-state index is 13.1. The molecule has 1 aromatic carbocycles. The third-order valence-corrected chi connectivity index (χ3v) is 3.05. The van der Waals surface area contributed by atoms with Crippen molar-refractivity contribution in [3.8, 4) is 0 Å². The number of carbonyl (C=O) groups is 1. The topological polar surface area (TPSA) is 49.8 Å². The zero-order chi connectivity index (χ0) is 13.1. The van der Waals surface area contributed by atoms with Gasteiger partial charge >= 0.3 is 0 Å². The van der Waals surface area contributed by atoms with Gasteiger partial charge in [-0.15, -0.1) is 0 Å². The number of amides is 1. The van der Waals surface area contributed by atoms with Gasteiger partial charge in [0.05, 0.1) is 13.2 Å². The molecule has 98 valence electrons. The Labute approximate surface area is 105 Å². The lowest BCUT2D eigenvalue weighted by Gasteiger charge is -2.28. The SMILES string of the molecule is Cc1cc(C(O)C(=O)N2CCOCC2)ccc1F. The summed E-state index contributed by atoms with van der Waals surface area (Å²) in [5.41, 5.74) is 0.840. The Hall–Kier alpha value is -1.46. The number of morpholine rings is 1. The molecular weight excluding hydrogens is 237 g/mol. The molecule has 0 radical (unpaired) electrons. The van der Waals surface area contributed by atoms with Gasteiger partial charge in [-0.25, -0.2) is 4.39 Å². The molecule has 1 amide bonds. The molecule has 0 aromatic heterocycles. The van der Waals surface area contributed by atoms with Crippen molar-refractivity contribution in [2.24, 2.45) is 0 Å². The number of nitrogens with zero attached hydrogens (tertiary/aromatic N) is 1. The van der Waals surface area contributed by atoms with Crippen molar-refractivity contribution in [1.82, 2.24) is 4.90 Å². The normalized spacial score (nSPS) is 17.6. The monoisotopic (exact) mass is 253 g/mol. The highest BCUT2D eigenvalue weighted by atomic mass is 19.1. The minimum atomic E-state index is -1.23. The first-order valence-corrected chi connectivity index (χ1v) is 5.90. The molecule has 1 N–H and O–H groups in total. The summed E-state index contributed by atoms with van der Waals surface area (Å²) in [4.78, 5) is 13.6. The van der Waals surface area contributed by atoms with E-state index in [0.29, 0.717) is 37.4 Å².